The standard InChI is InChI=1S/C6H11NO3S/c1-11-3-2-6(7,4-8)5(9)10/h4H,2-3,7H2,1H3,(H,9,10). The maximum Gasteiger partial charge on any atom is 0.331 e. The molecule has 5 heteroatoms. The van der Waals surface area contributed by atoms with Crippen LogP contribution in [0.1, 0.15) is 6.42 Å². The molecule has 64 valence electrons. The number of carbonyl (C=O) groups is 2. The maximum absolute atomic E-state index is 10.4. The van der Waals surface area contributed by atoms with Gasteiger partial charge in [-0.05, 0) is 18.4 Å². The lowest BCUT2D eigenvalue weighted by Crippen LogP contribution is -2.50. The largest absolute Gasteiger partial charge is 0.480 e. The van der Waals surface area contributed by atoms with Gasteiger partial charge in [-0.1, -0.05) is 0 Å². The molecule has 0 amide bonds. The van der Waals surface area contributed by atoms with E-state index in [-0.39, 0.29) is 12.7 Å². The Labute approximate surface area is 69.1 Å². The summed E-state index contributed by atoms with van der Waals surface area (Å²) in [5, 5.41) is 8.49. The Morgan fingerprint density at radius 1 is 1.82 bits per heavy atom. The van der Waals surface area contributed by atoms with Crippen LogP contribution in [0.5, 0.6) is 0 Å². The fourth-order valence-electron chi connectivity index (χ4n) is 0.487. The number of nitrogens with two attached hydrogens (primary N) is 1. The van der Waals surface area contributed by atoms with E-state index < -0.39 is 11.5 Å². The zero-order valence-corrected chi connectivity index (χ0v) is 7.06. The molecule has 0 heterocycles. The minimum absolute atomic E-state index is 0.174. The molecule has 0 fully saturated rings. The maximum atomic E-state index is 10.4. The van der Waals surface area contributed by atoms with Gasteiger partial charge >= 0.3 is 5.97 Å². The van der Waals surface area contributed by atoms with Crippen LogP contribution < -0.4 is 5.73 Å². The molecule has 3 N–H and O–H groups in total. The summed E-state index contributed by atoms with van der Waals surface area (Å²) < 4.78 is 0. The van der Waals surface area contributed by atoms with Crippen molar-refractivity contribution in [3.8, 4) is 0 Å². The van der Waals surface area contributed by atoms with Crippen LogP contribution in [0.15, 0.2) is 0 Å². The Kier molecular flexibility index (Phi) is 4.14. The molecule has 0 rings (SSSR count). The first kappa shape index (κ1) is 10.4. The summed E-state index contributed by atoms with van der Waals surface area (Å²) in [5.41, 5.74) is 3.55. The molecule has 0 saturated carbocycles. The Morgan fingerprint density at radius 3 is 2.64 bits per heavy atom. The Hall–Kier alpha value is -0.550. The van der Waals surface area contributed by atoms with Crippen LogP contribution in [0.25, 0.3) is 0 Å². The predicted molar refractivity (Wildman–Crippen MR) is 43.6 cm³/mol. The van der Waals surface area contributed by atoms with Crippen molar-refractivity contribution >= 4 is 24.0 Å². The number of aliphatic carboxylic acids is 1. The summed E-state index contributed by atoms with van der Waals surface area (Å²) in [6.45, 7) is 0. The van der Waals surface area contributed by atoms with Crippen LogP contribution in [-0.2, 0) is 9.59 Å². The van der Waals surface area contributed by atoms with E-state index in [4.69, 9.17) is 10.8 Å². The van der Waals surface area contributed by atoms with Gasteiger partial charge in [0, 0.05) is 0 Å². The molecular weight excluding hydrogens is 166 g/mol. The SMILES string of the molecule is CSCCC(N)(C=O)C(=O)O. The number of rotatable bonds is 5. The minimum atomic E-state index is -1.69. The molecule has 1 atom stereocenters. The second-order valence-corrected chi connectivity index (χ2v) is 3.19. The predicted octanol–water partition coefficient (Wildman–Crippen LogP) is -0.280. The Morgan fingerprint density at radius 2 is 2.36 bits per heavy atom. The van der Waals surface area contributed by atoms with Gasteiger partial charge in [-0.25, -0.2) is 4.79 Å². The van der Waals surface area contributed by atoms with Crippen molar-refractivity contribution in [1.29, 1.82) is 0 Å². The van der Waals surface area contributed by atoms with Crippen LogP contribution in [-0.4, -0.2) is 34.9 Å². The summed E-state index contributed by atoms with van der Waals surface area (Å²) in [6, 6.07) is 0. The van der Waals surface area contributed by atoms with Crippen molar-refractivity contribution < 1.29 is 14.7 Å². The molecule has 0 aliphatic rings. The highest BCUT2D eigenvalue weighted by atomic mass is 32.2. The summed E-state index contributed by atoms with van der Waals surface area (Å²) in [7, 11) is 0. The van der Waals surface area contributed by atoms with Gasteiger partial charge in [0.2, 0.25) is 0 Å². The normalized spacial score (nSPS) is 15.5. The quantitative estimate of drug-likeness (QED) is 0.446. The second-order valence-electron chi connectivity index (χ2n) is 2.21. The molecule has 0 aliphatic heterocycles. The lowest BCUT2D eigenvalue weighted by molar-refractivity contribution is -0.145. The number of carboxylic acids is 1. The number of carbonyl (C=O) groups excluding carboxylic acids is 1. The van der Waals surface area contributed by atoms with Gasteiger partial charge in [0.05, 0.1) is 0 Å². The minimum Gasteiger partial charge on any atom is -0.480 e. The van der Waals surface area contributed by atoms with Gasteiger partial charge in [-0.3, -0.25) is 0 Å². The average molecular weight is 177 g/mol. The molecule has 0 spiro atoms. The van der Waals surface area contributed by atoms with E-state index in [9.17, 15) is 9.59 Å². The van der Waals surface area contributed by atoms with Crippen molar-refractivity contribution in [2.45, 2.75) is 12.0 Å². The van der Waals surface area contributed by atoms with E-state index in [1.54, 1.807) is 0 Å². The van der Waals surface area contributed by atoms with E-state index in [0.717, 1.165) is 0 Å². The van der Waals surface area contributed by atoms with Gasteiger partial charge in [-0.15, -0.1) is 0 Å². The lowest BCUT2D eigenvalue weighted by atomic mass is 10.0. The number of aldehydes is 1. The van der Waals surface area contributed by atoms with Crippen molar-refractivity contribution in [3.05, 3.63) is 0 Å². The monoisotopic (exact) mass is 177 g/mol. The lowest BCUT2D eigenvalue weighted by Gasteiger charge is -2.15. The molecule has 0 aliphatic carbocycles. The topological polar surface area (TPSA) is 80.4 Å². The summed E-state index contributed by atoms with van der Waals surface area (Å²) in [4.78, 5) is 20.7. The fraction of sp³-hybridized carbons (Fsp3) is 0.667. The first-order valence-corrected chi connectivity index (χ1v) is 4.44. The molecule has 11 heavy (non-hydrogen) atoms. The third-order valence-electron chi connectivity index (χ3n) is 1.33. The Balaban J connectivity index is 4.10. The van der Waals surface area contributed by atoms with Gasteiger partial charge < -0.3 is 15.6 Å². The summed E-state index contributed by atoms with van der Waals surface area (Å²) in [5.74, 6) is -0.691. The van der Waals surface area contributed by atoms with E-state index in [2.05, 4.69) is 0 Å². The van der Waals surface area contributed by atoms with Crippen molar-refractivity contribution in [2.24, 2.45) is 5.73 Å². The molecule has 0 aromatic heterocycles. The van der Waals surface area contributed by atoms with E-state index in [0.29, 0.717) is 5.75 Å². The first-order valence-electron chi connectivity index (χ1n) is 3.04. The van der Waals surface area contributed by atoms with E-state index in [1.807, 2.05) is 6.26 Å². The van der Waals surface area contributed by atoms with Gasteiger partial charge in [0.15, 0.2) is 11.8 Å². The number of thioether (sulfide) groups is 1. The summed E-state index contributed by atoms with van der Waals surface area (Å²) in [6.07, 6.45) is 2.28. The molecule has 0 bridgehead atoms. The molecule has 4 nitrogen and oxygen atoms in total. The second kappa shape index (κ2) is 4.35. The average Bonchev–Trinajstić information content (AvgIpc) is 2.00. The highest BCUT2D eigenvalue weighted by molar-refractivity contribution is 7.98. The van der Waals surface area contributed by atoms with Crippen LogP contribution in [0.2, 0.25) is 0 Å². The van der Waals surface area contributed by atoms with Crippen LogP contribution >= 0.6 is 11.8 Å². The third kappa shape index (κ3) is 2.90. The molecule has 0 aromatic rings. The van der Waals surface area contributed by atoms with Crippen molar-refractivity contribution in [2.75, 3.05) is 12.0 Å². The van der Waals surface area contributed by atoms with E-state index >= 15 is 0 Å². The molecule has 1 unspecified atom stereocenters. The number of hydrogen-bond acceptors (Lipinski definition) is 4. The first-order chi connectivity index (χ1) is 5.06. The number of carboxylic acid groups (broad SMARTS) is 1. The Bertz CT molecular complexity index is 162. The summed E-state index contributed by atoms with van der Waals surface area (Å²) >= 11 is 1.46. The molecule has 0 radical (unpaired) electrons. The van der Waals surface area contributed by atoms with Crippen LogP contribution in [0.4, 0.5) is 0 Å². The van der Waals surface area contributed by atoms with Crippen LogP contribution in [0.3, 0.4) is 0 Å². The zero-order valence-electron chi connectivity index (χ0n) is 6.24. The fourth-order valence-corrected chi connectivity index (χ4v) is 1.03. The highest BCUT2D eigenvalue weighted by Gasteiger charge is 2.32. The third-order valence-corrected chi connectivity index (χ3v) is 1.94. The zero-order chi connectivity index (χ0) is 8.91. The van der Waals surface area contributed by atoms with E-state index in [1.165, 1.54) is 11.8 Å². The van der Waals surface area contributed by atoms with Crippen molar-refractivity contribution in [3.63, 3.8) is 0 Å². The highest BCUT2D eigenvalue weighted by Crippen LogP contribution is 2.07. The van der Waals surface area contributed by atoms with Crippen LogP contribution in [0, 0.1) is 0 Å². The van der Waals surface area contributed by atoms with Crippen molar-refractivity contribution in [1.82, 2.24) is 0 Å². The molecule has 0 saturated heterocycles. The molecular formula is C6H11NO3S. The van der Waals surface area contributed by atoms with Gasteiger partial charge in [0.25, 0.3) is 0 Å². The number of hydrogen-bond donors (Lipinski definition) is 2. The smallest absolute Gasteiger partial charge is 0.331 e. The molecule has 0 aromatic carbocycles. The van der Waals surface area contributed by atoms with Gasteiger partial charge in [0.1, 0.15) is 0 Å². The van der Waals surface area contributed by atoms with Gasteiger partial charge in [-0.2, -0.15) is 11.8 Å².